The van der Waals surface area contributed by atoms with Crippen LogP contribution in [-0.2, 0) is 6.42 Å². The molecule has 0 aliphatic carbocycles. The van der Waals surface area contributed by atoms with Crippen molar-refractivity contribution in [3.8, 4) is 0 Å². The molecule has 2 heterocycles. The SMILES string of the molecule is CC[C@H](C)Nc1cc(C(=O)N[C@@H](Cc2ccccc2)[C@H](O)[C@@H]2NCCC2(F)F)cc(N(C)S)n1. The minimum absolute atomic E-state index is 0.105. The van der Waals surface area contributed by atoms with E-state index in [1.54, 1.807) is 19.2 Å². The molecule has 1 fully saturated rings. The van der Waals surface area contributed by atoms with Crippen LogP contribution >= 0.6 is 12.8 Å². The van der Waals surface area contributed by atoms with Gasteiger partial charge in [0.1, 0.15) is 11.6 Å². The number of aromatic nitrogens is 1. The number of thiol groups is 1. The first-order valence-electron chi connectivity index (χ1n) is 11.5. The summed E-state index contributed by atoms with van der Waals surface area (Å²) < 4.78 is 30.3. The summed E-state index contributed by atoms with van der Waals surface area (Å²) in [7, 11) is 1.69. The van der Waals surface area contributed by atoms with Crippen molar-refractivity contribution in [3.63, 3.8) is 0 Å². The van der Waals surface area contributed by atoms with Crippen molar-refractivity contribution in [3.05, 3.63) is 53.6 Å². The summed E-state index contributed by atoms with van der Waals surface area (Å²) in [6.07, 6.45) is -0.788. The van der Waals surface area contributed by atoms with Gasteiger partial charge in [-0.3, -0.25) is 4.79 Å². The minimum atomic E-state index is -3.06. The number of pyridine rings is 1. The molecule has 186 valence electrons. The van der Waals surface area contributed by atoms with Gasteiger partial charge < -0.3 is 25.4 Å². The molecular formula is C24H33F2N5O2S. The highest BCUT2D eigenvalue weighted by Gasteiger charge is 2.49. The molecule has 1 amide bonds. The third-order valence-electron chi connectivity index (χ3n) is 6.06. The number of carbonyl (C=O) groups is 1. The van der Waals surface area contributed by atoms with Crippen LogP contribution in [0.15, 0.2) is 42.5 Å². The molecule has 0 bridgehead atoms. The Bertz CT molecular complexity index is 964. The highest BCUT2D eigenvalue weighted by molar-refractivity contribution is 7.81. The van der Waals surface area contributed by atoms with Crippen LogP contribution < -0.4 is 20.3 Å². The Morgan fingerprint density at radius 3 is 2.65 bits per heavy atom. The molecule has 1 aliphatic rings. The van der Waals surface area contributed by atoms with E-state index in [0.29, 0.717) is 11.6 Å². The van der Waals surface area contributed by atoms with E-state index in [1.807, 2.05) is 44.2 Å². The Kier molecular flexibility index (Phi) is 8.72. The largest absolute Gasteiger partial charge is 0.389 e. The van der Waals surface area contributed by atoms with Crippen LogP contribution in [0.5, 0.6) is 0 Å². The normalized spacial score (nSPS) is 19.8. The number of amides is 1. The molecule has 7 nitrogen and oxygen atoms in total. The van der Waals surface area contributed by atoms with Gasteiger partial charge in [0, 0.05) is 31.6 Å². The van der Waals surface area contributed by atoms with Crippen LogP contribution in [0.2, 0.25) is 0 Å². The zero-order valence-electron chi connectivity index (χ0n) is 19.6. The fourth-order valence-corrected chi connectivity index (χ4v) is 4.02. The number of rotatable bonds is 10. The standard InChI is InChI=1S/C24H33F2N5O2S/c1-4-15(2)28-19-13-17(14-20(30-19)31(3)34)23(33)29-18(12-16-8-6-5-7-9-16)21(32)22-24(25,26)10-11-27-22/h5-9,13-15,18,21-22,27,32,34H,4,10-12H2,1-3H3,(H,28,30)(H,29,33)/t15-,18-,21-,22-/m0/s1. The van der Waals surface area contributed by atoms with Crippen LogP contribution in [-0.4, -0.2) is 59.7 Å². The lowest BCUT2D eigenvalue weighted by Gasteiger charge is -2.31. The maximum atomic E-state index is 14.4. The molecule has 34 heavy (non-hydrogen) atoms. The number of anilines is 2. The van der Waals surface area contributed by atoms with Crippen LogP contribution in [0, 0.1) is 0 Å². The topological polar surface area (TPSA) is 89.5 Å². The quantitative estimate of drug-likeness (QED) is 0.327. The molecule has 1 aromatic carbocycles. The van der Waals surface area contributed by atoms with Gasteiger partial charge >= 0.3 is 0 Å². The van der Waals surface area contributed by atoms with Crippen molar-refractivity contribution in [2.24, 2.45) is 0 Å². The van der Waals surface area contributed by atoms with Gasteiger partial charge in [-0.15, -0.1) is 0 Å². The summed E-state index contributed by atoms with van der Waals surface area (Å²) in [5.41, 5.74) is 1.10. The lowest BCUT2D eigenvalue weighted by atomic mass is 9.93. The van der Waals surface area contributed by atoms with Gasteiger partial charge in [-0.05, 0) is 37.5 Å². The molecule has 4 N–H and O–H groups in total. The van der Waals surface area contributed by atoms with Crippen molar-refractivity contribution in [2.45, 2.75) is 63.3 Å². The predicted octanol–water partition coefficient (Wildman–Crippen LogP) is 3.27. The number of hydrogen-bond donors (Lipinski definition) is 5. The van der Waals surface area contributed by atoms with E-state index in [9.17, 15) is 18.7 Å². The third-order valence-corrected chi connectivity index (χ3v) is 6.26. The molecule has 0 saturated carbocycles. The monoisotopic (exact) mass is 493 g/mol. The van der Waals surface area contributed by atoms with Crippen molar-refractivity contribution in [2.75, 3.05) is 23.2 Å². The second-order valence-electron chi connectivity index (χ2n) is 8.78. The number of hydrogen-bond acceptors (Lipinski definition) is 7. The predicted molar refractivity (Wildman–Crippen MR) is 134 cm³/mol. The molecule has 0 spiro atoms. The van der Waals surface area contributed by atoms with Crippen LogP contribution in [0.25, 0.3) is 0 Å². The van der Waals surface area contributed by atoms with Crippen molar-refractivity contribution >= 4 is 30.4 Å². The third kappa shape index (κ3) is 6.58. The van der Waals surface area contributed by atoms with Gasteiger partial charge in [0.15, 0.2) is 0 Å². The first-order chi connectivity index (χ1) is 16.1. The lowest BCUT2D eigenvalue weighted by Crippen LogP contribution is -2.56. The molecule has 1 aliphatic heterocycles. The van der Waals surface area contributed by atoms with Gasteiger partial charge in [0.25, 0.3) is 11.8 Å². The van der Waals surface area contributed by atoms with Crippen LogP contribution in [0.1, 0.15) is 42.6 Å². The molecule has 0 unspecified atom stereocenters. The van der Waals surface area contributed by atoms with Gasteiger partial charge in [-0.2, -0.15) is 0 Å². The number of aliphatic hydroxyl groups is 1. The molecule has 0 radical (unpaired) electrons. The van der Waals surface area contributed by atoms with Crippen molar-refractivity contribution < 1.29 is 18.7 Å². The van der Waals surface area contributed by atoms with E-state index in [4.69, 9.17) is 0 Å². The Labute approximate surface area is 204 Å². The second-order valence-corrected chi connectivity index (χ2v) is 9.38. The summed E-state index contributed by atoms with van der Waals surface area (Å²) in [6, 6.07) is 10.1. The van der Waals surface area contributed by atoms with Gasteiger partial charge in [-0.1, -0.05) is 50.1 Å². The number of alkyl halides is 2. The first-order valence-corrected chi connectivity index (χ1v) is 11.9. The Hall–Kier alpha value is -2.43. The molecule has 4 atom stereocenters. The van der Waals surface area contributed by atoms with E-state index in [0.717, 1.165) is 12.0 Å². The van der Waals surface area contributed by atoms with Gasteiger partial charge in [0.2, 0.25) is 0 Å². The average Bonchev–Trinajstić information content (AvgIpc) is 3.17. The molecule has 1 saturated heterocycles. The van der Waals surface area contributed by atoms with Crippen molar-refractivity contribution in [1.82, 2.24) is 15.6 Å². The summed E-state index contributed by atoms with van der Waals surface area (Å²) >= 11 is 4.29. The molecule has 3 rings (SSSR count). The van der Waals surface area contributed by atoms with Crippen molar-refractivity contribution in [1.29, 1.82) is 0 Å². The zero-order chi connectivity index (χ0) is 24.9. The number of carbonyl (C=O) groups excluding carboxylic acids is 1. The Balaban J connectivity index is 1.88. The molecule has 1 aromatic heterocycles. The zero-order valence-corrected chi connectivity index (χ0v) is 20.5. The first kappa shape index (κ1) is 26.2. The Morgan fingerprint density at radius 1 is 1.35 bits per heavy atom. The molecule has 10 heteroatoms. The highest BCUT2D eigenvalue weighted by atomic mass is 32.1. The van der Waals surface area contributed by atoms with Crippen LogP contribution in [0.4, 0.5) is 20.4 Å². The number of benzene rings is 1. The molecule has 2 aromatic rings. The van der Waals surface area contributed by atoms with E-state index >= 15 is 0 Å². The highest BCUT2D eigenvalue weighted by Crippen LogP contribution is 2.31. The van der Waals surface area contributed by atoms with E-state index in [1.165, 1.54) is 4.31 Å². The molecular weight excluding hydrogens is 460 g/mol. The number of nitrogens with zero attached hydrogens (tertiary/aromatic N) is 2. The van der Waals surface area contributed by atoms with E-state index in [2.05, 4.69) is 33.7 Å². The van der Waals surface area contributed by atoms with E-state index < -0.39 is 30.0 Å². The smallest absolute Gasteiger partial charge is 0.266 e. The number of halogens is 2. The van der Waals surface area contributed by atoms with Gasteiger partial charge in [-0.25, -0.2) is 13.8 Å². The van der Waals surface area contributed by atoms with Gasteiger partial charge in [0.05, 0.1) is 18.2 Å². The Morgan fingerprint density at radius 2 is 2.06 bits per heavy atom. The van der Waals surface area contributed by atoms with Crippen LogP contribution in [0.3, 0.4) is 0 Å². The summed E-state index contributed by atoms with van der Waals surface area (Å²) in [5.74, 6) is -2.61. The fraction of sp³-hybridized carbons (Fsp3) is 0.500. The average molecular weight is 494 g/mol. The number of nitrogens with one attached hydrogen (secondary N) is 3. The summed E-state index contributed by atoms with van der Waals surface area (Å²) in [5, 5.41) is 19.7. The maximum Gasteiger partial charge on any atom is 0.266 e. The fourth-order valence-electron chi connectivity index (χ4n) is 3.92. The summed E-state index contributed by atoms with van der Waals surface area (Å²) in [6.45, 7) is 4.13. The summed E-state index contributed by atoms with van der Waals surface area (Å²) in [4.78, 5) is 17.7. The van der Waals surface area contributed by atoms with E-state index in [-0.39, 0.29) is 31.0 Å². The minimum Gasteiger partial charge on any atom is -0.389 e. The maximum absolute atomic E-state index is 14.4. The lowest BCUT2D eigenvalue weighted by molar-refractivity contribution is -0.0606. The number of aliphatic hydroxyl groups excluding tert-OH is 1. The second kappa shape index (κ2) is 11.3.